The van der Waals surface area contributed by atoms with Crippen molar-refractivity contribution < 1.29 is 9.72 Å². The average Bonchev–Trinajstić information content (AvgIpc) is 2.18. The third-order valence-corrected chi connectivity index (χ3v) is 2.68. The summed E-state index contributed by atoms with van der Waals surface area (Å²) < 4.78 is 0.698. The summed E-state index contributed by atoms with van der Waals surface area (Å²) in [4.78, 5) is 21.5. The summed E-state index contributed by atoms with van der Waals surface area (Å²) in [6.45, 7) is 2.29. The van der Waals surface area contributed by atoms with Crippen LogP contribution >= 0.6 is 22.6 Å². The summed E-state index contributed by atoms with van der Waals surface area (Å²) in [5.41, 5.74) is 0.267. The first-order chi connectivity index (χ1) is 7.06. The predicted molar refractivity (Wildman–Crippen MR) is 63.8 cm³/mol. The van der Waals surface area contributed by atoms with E-state index in [0.717, 1.165) is 0 Å². The van der Waals surface area contributed by atoms with Gasteiger partial charge in [0, 0.05) is 22.2 Å². The molecular weight excluding hydrogens is 311 g/mol. The molecule has 0 spiro atoms. The number of amides is 1. The van der Waals surface area contributed by atoms with Crippen LogP contribution in [0.5, 0.6) is 0 Å². The quantitative estimate of drug-likeness (QED) is 0.526. The molecule has 0 saturated heterocycles. The maximum atomic E-state index is 11.5. The van der Waals surface area contributed by atoms with Crippen molar-refractivity contribution in [3.63, 3.8) is 0 Å². The van der Waals surface area contributed by atoms with Crippen LogP contribution in [0.15, 0.2) is 18.2 Å². The van der Waals surface area contributed by atoms with E-state index in [9.17, 15) is 14.9 Å². The van der Waals surface area contributed by atoms with Gasteiger partial charge >= 0.3 is 0 Å². The SMILES string of the molecule is CCNC(=O)c1cc([N+](=O)[O-])ccc1I. The Kier molecular flexibility index (Phi) is 4.01. The molecule has 1 aromatic carbocycles. The number of nitrogens with one attached hydrogen (secondary N) is 1. The molecule has 80 valence electrons. The van der Waals surface area contributed by atoms with Gasteiger partial charge < -0.3 is 5.32 Å². The number of carbonyl (C=O) groups is 1. The van der Waals surface area contributed by atoms with E-state index in [1.54, 1.807) is 13.0 Å². The lowest BCUT2D eigenvalue weighted by molar-refractivity contribution is -0.384. The largest absolute Gasteiger partial charge is 0.352 e. The molecule has 0 saturated carbocycles. The zero-order chi connectivity index (χ0) is 11.4. The van der Waals surface area contributed by atoms with E-state index < -0.39 is 4.92 Å². The van der Waals surface area contributed by atoms with Crippen LogP contribution in [0.1, 0.15) is 17.3 Å². The molecule has 0 radical (unpaired) electrons. The highest BCUT2D eigenvalue weighted by molar-refractivity contribution is 14.1. The Bertz CT molecular complexity index is 406. The zero-order valence-corrected chi connectivity index (χ0v) is 10.1. The number of benzene rings is 1. The van der Waals surface area contributed by atoms with Crippen LogP contribution < -0.4 is 5.32 Å². The molecule has 0 aliphatic rings. The fraction of sp³-hybridized carbons (Fsp3) is 0.222. The molecule has 0 fully saturated rings. The molecule has 0 atom stereocenters. The van der Waals surface area contributed by atoms with Crippen LogP contribution in [-0.4, -0.2) is 17.4 Å². The standard InChI is InChI=1S/C9H9IN2O3/c1-2-11-9(13)7-5-6(12(14)15)3-4-8(7)10/h3-5H,2H2,1H3,(H,11,13). The van der Waals surface area contributed by atoms with Gasteiger partial charge in [-0.2, -0.15) is 0 Å². The van der Waals surface area contributed by atoms with E-state index in [0.29, 0.717) is 15.7 Å². The Balaban J connectivity index is 3.10. The molecule has 1 aromatic rings. The number of halogens is 1. The van der Waals surface area contributed by atoms with Crippen LogP contribution in [0.2, 0.25) is 0 Å². The van der Waals surface area contributed by atoms with E-state index in [1.165, 1.54) is 12.1 Å². The summed E-state index contributed by atoms with van der Waals surface area (Å²) >= 11 is 1.97. The van der Waals surface area contributed by atoms with Crippen LogP contribution in [0.25, 0.3) is 0 Å². The van der Waals surface area contributed by atoms with Crippen LogP contribution in [0, 0.1) is 13.7 Å². The van der Waals surface area contributed by atoms with Gasteiger partial charge in [-0.3, -0.25) is 14.9 Å². The molecule has 1 rings (SSSR count). The lowest BCUT2D eigenvalue weighted by atomic mass is 10.2. The van der Waals surface area contributed by atoms with Gasteiger partial charge in [0.05, 0.1) is 10.5 Å². The highest BCUT2D eigenvalue weighted by Crippen LogP contribution is 2.19. The van der Waals surface area contributed by atoms with Gasteiger partial charge in [0.15, 0.2) is 0 Å². The van der Waals surface area contributed by atoms with Gasteiger partial charge in [0.1, 0.15) is 0 Å². The molecule has 5 nitrogen and oxygen atoms in total. The minimum atomic E-state index is -0.515. The third kappa shape index (κ3) is 2.88. The summed E-state index contributed by atoms with van der Waals surface area (Å²) in [5, 5.41) is 13.1. The first-order valence-electron chi connectivity index (χ1n) is 4.28. The van der Waals surface area contributed by atoms with Gasteiger partial charge in [-0.05, 0) is 35.6 Å². The first-order valence-corrected chi connectivity index (χ1v) is 5.36. The van der Waals surface area contributed by atoms with Crippen molar-refractivity contribution in [1.29, 1.82) is 0 Å². The van der Waals surface area contributed by atoms with E-state index in [4.69, 9.17) is 0 Å². The smallest absolute Gasteiger partial charge is 0.270 e. The molecule has 0 unspecified atom stereocenters. The van der Waals surface area contributed by atoms with Crippen LogP contribution in [-0.2, 0) is 0 Å². The highest BCUT2D eigenvalue weighted by Gasteiger charge is 2.14. The Labute approximate surface area is 100 Å². The number of hydrogen-bond donors (Lipinski definition) is 1. The molecule has 15 heavy (non-hydrogen) atoms. The molecular formula is C9H9IN2O3. The summed E-state index contributed by atoms with van der Waals surface area (Å²) in [6.07, 6.45) is 0. The van der Waals surface area contributed by atoms with Crippen molar-refractivity contribution in [3.05, 3.63) is 37.4 Å². The van der Waals surface area contributed by atoms with Crippen molar-refractivity contribution in [3.8, 4) is 0 Å². The Morgan fingerprint density at radius 2 is 2.27 bits per heavy atom. The molecule has 6 heteroatoms. The number of carbonyl (C=O) groups excluding carboxylic acids is 1. The van der Waals surface area contributed by atoms with E-state index in [1.807, 2.05) is 22.6 Å². The van der Waals surface area contributed by atoms with Crippen molar-refractivity contribution >= 4 is 34.2 Å². The van der Waals surface area contributed by atoms with E-state index in [-0.39, 0.29) is 11.6 Å². The van der Waals surface area contributed by atoms with Crippen molar-refractivity contribution in [2.45, 2.75) is 6.92 Å². The van der Waals surface area contributed by atoms with Gasteiger partial charge in [-0.15, -0.1) is 0 Å². The van der Waals surface area contributed by atoms with Gasteiger partial charge in [0.25, 0.3) is 11.6 Å². The maximum Gasteiger partial charge on any atom is 0.270 e. The van der Waals surface area contributed by atoms with Crippen LogP contribution in [0.4, 0.5) is 5.69 Å². The second-order valence-corrected chi connectivity index (χ2v) is 3.94. The highest BCUT2D eigenvalue weighted by atomic mass is 127. The average molecular weight is 320 g/mol. The van der Waals surface area contributed by atoms with Crippen molar-refractivity contribution in [1.82, 2.24) is 5.32 Å². The minimum Gasteiger partial charge on any atom is -0.352 e. The number of nitrogens with zero attached hydrogens (tertiary/aromatic N) is 1. The van der Waals surface area contributed by atoms with Gasteiger partial charge in [0.2, 0.25) is 0 Å². The van der Waals surface area contributed by atoms with Crippen molar-refractivity contribution in [2.75, 3.05) is 6.54 Å². The number of hydrogen-bond acceptors (Lipinski definition) is 3. The Morgan fingerprint density at radius 3 is 2.80 bits per heavy atom. The number of nitro benzene ring substituents is 1. The Morgan fingerprint density at radius 1 is 1.60 bits per heavy atom. The van der Waals surface area contributed by atoms with E-state index in [2.05, 4.69) is 5.32 Å². The molecule has 0 heterocycles. The van der Waals surface area contributed by atoms with Crippen LogP contribution in [0.3, 0.4) is 0 Å². The second-order valence-electron chi connectivity index (χ2n) is 2.78. The summed E-state index contributed by atoms with van der Waals surface area (Å²) in [7, 11) is 0. The zero-order valence-electron chi connectivity index (χ0n) is 7.99. The normalized spacial score (nSPS) is 9.73. The first kappa shape index (κ1) is 11.9. The molecule has 0 aliphatic carbocycles. The number of nitro groups is 1. The van der Waals surface area contributed by atoms with E-state index >= 15 is 0 Å². The molecule has 1 amide bonds. The monoisotopic (exact) mass is 320 g/mol. The van der Waals surface area contributed by atoms with Gasteiger partial charge in [-0.25, -0.2) is 0 Å². The molecule has 0 aliphatic heterocycles. The number of rotatable bonds is 3. The van der Waals surface area contributed by atoms with Crippen molar-refractivity contribution in [2.24, 2.45) is 0 Å². The summed E-state index contributed by atoms with van der Waals surface area (Å²) in [6, 6.07) is 4.22. The fourth-order valence-electron chi connectivity index (χ4n) is 1.06. The topological polar surface area (TPSA) is 72.2 Å². The molecule has 0 bridgehead atoms. The lowest BCUT2D eigenvalue weighted by Gasteiger charge is -2.04. The molecule has 1 N–H and O–H groups in total. The van der Waals surface area contributed by atoms with Gasteiger partial charge in [-0.1, -0.05) is 0 Å². The Hall–Kier alpha value is -1.18. The fourth-order valence-corrected chi connectivity index (χ4v) is 1.64. The lowest BCUT2D eigenvalue weighted by Crippen LogP contribution is -2.23. The number of non-ortho nitro benzene ring substituents is 1. The maximum absolute atomic E-state index is 11.5. The molecule has 0 aromatic heterocycles. The predicted octanol–water partition coefficient (Wildman–Crippen LogP) is 1.95. The second kappa shape index (κ2) is 5.06. The minimum absolute atomic E-state index is 0.0725. The summed E-state index contributed by atoms with van der Waals surface area (Å²) in [5.74, 6) is -0.286. The third-order valence-electron chi connectivity index (χ3n) is 1.74.